The first-order valence-electron chi connectivity index (χ1n) is 13.0. The fourth-order valence-electron chi connectivity index (χ4n) is 4.59. The molecule has 2 saturated heterocycles. The summed E-state index contributed by atoms with van der Waals surface area (Å²) in [6, 6.07) is 0. The molecule has 2 heterocycles. The molecule has 0 amide bonds. The van der Waals surface area contributed by atoms with Gasteiger partial charge in [0, 0.05) is 24.3 Å². The molecule has 38 heavy (non-hydrogen) atoms. The molecule has 8 atom stereocenters. The minimum absolute atomic E-state index is 0. The van der Waals surface area contributed by atoms with Gasteiger partial charge in [-0.15, -0.1) is 0 Å². The van der Waals surface area contributed by atoms with Crippen molar-refractivity contribution < 1.29 is 55.2 Å². The number of esters is 1. The van der Waals surface area contributed by atoms with Crippen molar-refractivity contribution in [3.05, 3.63) is 11.6 Å². The molecule has 2 rings (SSSR count). The number of epoxide rings is 1. The van der Waals surface area contributed by atoms with Crippen LogP contribution in [0.4, 0.5) is 0 Å². The van der Waals surface area contributed by atoms with E-state index in [1.807, 2.05) is 6.92 Å². The van der Waals surface area contributed by atoms with Crippen LogP contribution in [-0.2, 0) is 23.8 Å². The van der Waals surface area contributed by atoms with Crippen LogP contribution in [0.15, 0.2) is 11.6 Å². The van der Waals surface area contributed by atoms with Crippen molar-refractivity contribution >= 4 is 49.7 Å². The third-order valence-corrected chi connectivity index (χ3v) is 7.09. The molecule has 218 valence electrons. The minimum Gasteiger partial charge on any atom is -0.481 e. The molecule has 0 aliphatic carbocycles. The average molecular weight is 577 g/mol. The number of rotatable bonds is 16. The van der Waals surface area contributed by atoms with Gasteiger partial charge in [-0.25, -0.2) is 4.79 Å². The number of unbranched alkanes of at least 4 members (excludes halogenated alkanes) is 5. The summed E-state index contributed by atoms with van der Waals surface area (Å²) < 4.78 is 16.7. The maximum Gasteiger partial charge on any atom is 2.00 e. The summed E-state index contributed by atoms with van der Waals surface area (Å²) in [7, 11) is 0. The van der Waals surface area contributed by atoms with E-state index in [4.69, 9.17) is 19.3 Å². The zero-order valence-corrected chi connectivity index (χ0v) is 25.2. The summed E-state index contributed by atoms with van der Waals surface area (Å²) in [6.45, 7) is 6.07. The maximum absolute atomic E-state index is 12.1. The number of carboxylic acids is 1. The quantitative estimate of drug-likeness (QED) is 0.0664. The van der Waals surface area contributed by atoms with E-state index in [-0.39, 0.29) is 79.2 Å². The van der Waals surface area contributed by atoms with E-state index in [0.717, 1.165) is 32.1 Å². The van der Waals surface area contributed by atoms with Crippen LogP contribution < -0.4 is 0 Å². The van der Waals surface area contributed by atoms with E-state index in [9.17, 15) is 24.9 Å². The summed E-state index contributed by atoms with van der Waals surface area (Å²) in [5, 5.41) is 39.5. The zero-order chi connectivity index (χ0) is 26.0. The number of carbonyl (C=O) groups excluding carboxylic acids is 1. The van der Waals surface area contributed by atoms with Crippen LogP contribution in [0.5, 0.6) is 0 Å². The van der Waals surface area contributed by atoms with Gasteiger partial charge in [-0.2, -0.15) is 0 Å². The number of hydrogen-bond acceptors (Lipinski definition) is 8. The minimum atomic E-state index is -1.06. The fraction of sp³-hybridized carbons (Fsp3) is 0.846. The molecular formula is C26H48CaO11+2. The molecule has 0 aromatic heterocycles. The van der Waals surface area contributed by atoms with Crippen molar-refractivity contribution in [1.82, 2.24) is 0 Å². The summed E-state index contributed by atoms with van der Waals surface area (Å²) >= 11 is 0. The van der Waals surface area contributed by atoms with Crippen molar-refractivity contribution in [3.63, 3.8) is 0 Å². The van der Waals surface area contributed by atoms with Crippen molar-refractivity contribution in [3.8, 4) is 0 Å². The summed E-state index contributed by atoms with van der Waals surface area (Å²) in [5.41, 5.74) is 0.708. The van der Waals surface area contributed by atoms with Crippen molar-refractivity contribution in [1.29, 1.82) is 0 Å². The number of aliphatic carboxylic acids is 1. The monoisotopic (exact) mass is 576 g/mol. The van der Waals surface area contributed by atoms with Gasteiger partial charge >= 0.3 is 49.7 Å². The van der Waals surface area contributed by atoms with Gasteiger partial charge in [-0.3, -0.25) is 4.79 Å². The Balaban J connectivity index is 0. The Morgan fingerprint density at radius 3 is 2.21 bits per heavy atom. The van der Waals surface area contributed by atoms with Crippen molar-refractivity contribution in [2.45, 2.75) is 115 Å². The molecule has 0 aromatic rings. The van der Waals surface area contributed by atoms with Gasteiger partial charge in [0.25, 0.3) is 0 Å². The van der Waals surface area contributed by atoms with Crippen molar-refractivity contribution in [2.24, 2.45) is 11.8 Å². The molecule has 8 N–H and O–H groups in total. The first-order valence-corrected chi connectivity index (χ1v) is 13.0. The van der Waals surface area contributed by atoms with E-state index >= 15 is 0 Å². The van der Waals surface area contributed by atoms with Crippen LogP contribution in [-0.4, -0.2) is 131 Å². The fourth-order valence-corrected chi connectivity index (χ4v) is 4.59. The molecule has 4 unspecified atom stereocenters. The Kier molecular flexibility index (Phi) is 21.5. The second-order valence-electron chi connectivity index (χ2n) is 10.2. The first kappa shape index (κ1) is 39.8. The van der Waals surface area contributed by atoms with Gasteiger partial charge in [0.2, 0.25) is 0 Å². The third-order valence-electron chi connectivity index (χ3n) is 7.09. The van der Waals surface area contributed by atoms with E-state index in [1.165, 1.54) is 6.08 Å². The number of carboxylic acid groups (broad SMARTS) is 1. The van der Waals surface area contributed by atoms with E-state index in [2.05, 4.69) is 0 Å². The van der Waals surface area contributed by atoms with Crippen LogP contribution in [0, 0.1) is 11.8 Å². The molecule has 12 heteroatoms. The predicted molar refractivity (Wildman–Crippen MR) is 142 cm³/mol. The molecule has 2 aliphatic heterocycles. The largest absolute Gasteiger partial charge is 2.00 e. The number of aliphatic hydroxyl groups excluding tert-OH is 3. The Labute approximate surface area is 255 Å². The van der Waals surface area contributed by atoms with Crippen LogP contribution in [0.1, 0.15) is 78.6 Å². The normalized spacial score (nSPS) is 28.1. The topological polar surface area (TPSA) is 209 Å². The smallest absolute Gasteiger partial charge is 0.481 e. The molecule has 0 radical (unpaired) electrons. The van der Waals surface area contributed by atoms with Crippen LogP contribution in [0.3, 0.4) is 0 Å². The first-order chi connectivity index (χ1) is 16.6. The third kappa shape index (κ3) is 14.3. The van der Waals surface area contributed by atoms with E-state index in [0.29, 0.717) is 38.0 Å². The predicted octanol–water partition coefficient (Wildman–Crippen LogP) is 0.562. The van der Waals surface area contributed by atoms with Gasteiger partial charge in [-0.1, -0.05) is 38.2 Å². The SMILES string of the molecule is C/C(=C\C(=O)OCCCCCCCCC(=O)O)CC1OC[C@H](C[C@@H]2OC2C(C)C(C)O)[C@@H](O)[C@H]1O.O.O.[Ca+2]. The molecule has 0 spiro atoms. The number of hydrogen-bond donors (Lipinski definition) is 4. The van der Waals surface area contributed by atoms with Gasteiger partial charge in [0.15, 0.2) is 0 Å². The standard InChI is InChI=1S/C26H44O9.Ca.2H2O/c1-16(13-23(30)33-11-9-7-5-4-6-8-10-22(28)29)12-20-25(32)24(31)19(15-34-20)14-21-26(35-21)17(2)18(3)27;;;/h13,17-21,24-27,31-32H,4-12,14-15H2,1-3H3,(H,28,29);;2*1H2/q;+2;;/b16-13+;;;/t17?,18?,19-,20?,21-,24+,25-,26?;;;/m0.../s1. The van der Waals surface area contributed by atoms with Crippen LogP contribution in [0.25, 0.3) is 0 Å². The van der Waals surface area contributed by atoms with Gasteiger partial charge in [-0.05, 0) is 39.5 Å². The summed E-state index contributed by atoms with van der Waals surface area (Å²) in [6.07, 6.45) is 4.61. The second kappa shape index (κ2) is 20.5. The van der Waals surface area contributed by atoms with E-state index in [1.54, 1.807) is 13.8 Å². The number of ether oxygens (including phenoxy) is 3. The summed E-state index contributed by atoms with van der Waals surface area (Å²) in [5.74, 6) is -1.42. The average Bonchev–Trinajstić information content (AvgIpc) is 3.55. The molecule has 0 saturated carbocycles. The number of aliphatic hydroxyl groups is 3. The van der Waals surface area contributed by atoms with Gasteiger partial charge < -0.3 is 45.6 Å². The molecule has 0 aromatic carbocycles. The van der Waals surface area contributed by atoms with Crippen LogP contribution in [0.2, 0.25) is 0 Å². The molecule has 0 bridgehead atoms. The van der Waals surface area contributed by atoms with E-state index < -0.39 is 36.4 Å². The van der Waals surface area contributed by atoms with Gasteiger partial charge in [0.1, 0.15) is 6.10 Å². The zero-order valence-electron chi connectivity index (χ0n) is 23.0. The molecule has 11 nitrogen and oxygen atoms in total. The van der Waals surface area contributed by atoms with Crippen LogP contribution >= 0.6 is 0 Å². The second-order valence-corrected chi connectivity index (χ2v) is 10.2. The Morgan fingerprint density at radius 2 is 1.61 bits per heavy atom. The summed E-state index contributed by atoms with van der Waals surface area (Å²) in [4.78, 5) is 22.5. The maximum atomic E-state index is 12.1. The molecule has 2 fully saturated rings. The molecular weight excluding hydrogens is 528 g/mol. The van der Waals surface area contributed by atoms with Crippen molar-refractivity contribution in [2.75, 3.05) is 13.2 Å². The Hall–Kier alpha value is -0.340. The molecule has 2 aliphatic rings. The number of carbonyl (C=O) groups is 2. The Morgan fingerprint density at radius 1 is 1.00 bits per heavy atom. The Bertz CT molecular complexity index is 703. The van der Waals surface area contributed by atoms with Gasteiger partial charge in [0.05, 0.1) is 43.7 Å².